The maximum Gasteiger partial charge on any atom is 0.185 e. The SMILES string of the molecule is CCCc1nc(N2CCC(C)(C)C2)sc1CNCC. The number of aromatic nitrogens is 1. The van der Waals surface area contributed by atoms with Crippen molar-refractivity contribution in [3.05, 3.63) is 10.6 Å². The summed E-state index contributed by atoms with van der Waals surface area (Å²) in [6, 6.07) is 0. The Hall–Kier alpha value is -0.610. The van der Waals surface area contributed by atoms with Crippen LogP contribution < -0.4 is 10.2 Å². The van der Waals surface area contributed by atoms with Crippen LogP contribution in [0.25, 0.3) is 0 Å². The number of hydrogen-bond acceptors (Lipinski definition) is 4. The third-order valence-electron chi connectivity index (χ3n) is 3.74. The molecule has 0 amide bonds. The van der Waals surface area contributed by atoms with Crippen molar-refractivity contribution >= 4 is 16.5 Å². The summed E-state index contributed by atoms with van der Waals surface area (Å²) in [5, 5.41) is 4.67. The molecule has 1 aromatic rings. The fraction of sp³-hybridized carbons (Fsp3) is 0.800. The normalized spacial score (nSPS) is 18.2. The van der Waals surface area contributed by atoms with E-state index < -0.39 is 0 Å². The molecule has 19 heavy (non-hydrogen) atoms. The molecule has 0 atom stereocenters. The van der Waals surface area contributed by atoms with Gasteiger partial charge in [-0.15, -0.1) is 11.3 Å². The Morgan fingerprint density at radius 3 is 2.74 bits per heavy atom. The zero-order chi connectivity index (χ0) is 13.9. The first kappa shape index (κ1) is 14.8. The van der Waals surface area contributed by atoms with E-state index in [1.807, 2.05) is 11.3 Å². The molecule has 1 aliphatic heterocycles. The minimum absolute atomic E-state index is 0.443. The van der Waals surface area contributed by atoms with Gasteiger partial charge >= 0.3 is 0 Å². The Balaban J connectivity index is 2.13. The van der Waals surface area contributed by atoms with Gasteiger partial charge in [-0.1, -0.05) is 34.1 Å². The minimum Gasteiger partial charge on any atom is -0.348 e. The van der Waals surface area contributed by atoms with E-state index in [4.69, 9.17) is 4.98 Å². The lowest BCUT2D eigenvalue weighted by Gasteiger charge is -2.18. The molecule has 1 fully saturated rings. The second kappa shape index (κ2) is 6.23. The molecule has 0 radical (unpaired) electrons. The second-order valence-electron chi connectivity index (χ2n) is 6.23. The maximum absolute atomic E-state index is 4.90. The Morgan fingerprint density at radius 1 is 1.37 bits per heavy atom. The average molecular weight is 281 g/mol. The van der Waals surface area contributed by atoms with Crippen LogP contribution in [0, 0.1) is 5.41 Å². The smallest absolute Gasteiger partial charge is 0.185 e. The topological polar surface area (TPSA) is 28.2 Å². The first-order valence-corrected chi connectivity index (χ1v) is 8.31. The minimum atomic E-state index is 0.443. The molecule has 0 aliphatic carbocycles. The molecule has 3 nitrogen and oxygen atoms in total. The van der Waals surface area contributed by atoms with Gasteiger partial charge in [-0.25, -0.2) is 4.98 Å². The molecule has 108 valence electrons. The van der Waals surface area contributed by atoms with E-state index in [1.165, 1.54) is 28.5 Å². The van der Waals surface area contributed by atoms with E-state index in [0.717, 1.165) is 32.6 Å². The van der Waals surface area contributed by atoms with Crippen molar-refractivity contribution in [2.75, 3.05) is 24.5 Å². The van der Waals surface area contributed by atoms with Crippen LogP contribution in [0.4, 0.5) is 5.13 Å². The van der Waals surface area contributed by atoms with Gasteiger partial charge in [0.05, 0.1) is 5.69 Å². The van der Waals surface area contributed by atoms with Crippen molar-refractivity contribution in [1.82, 2.24) is 10.3 Å². The zero-order valence-electron chi connectivity index (χ0n) is 12.8. The summed E-state index contributed by atoms with van der Waals surface area (Å²) in [6.07, 6.45) is 3.56. The Morgan fingerprint density at radius 2 is 2.16 bits per heavy atom. The monoisotopic (exact) mass is 281 g/mol. The Kier molecular flexibility index (Phi) is 4.85. The molecule has 0 unspecified atom stereocenters. The van der Waals surface area contributed by atoms with Gasteiger partial charge in [0.15, 0.2) is 5.13 Å². The zero-order valence-corrected chi connectivity index (χ0v) is 13.6. The maximum atomic E-state index is 4.90. The molecule has 0 bridgehead atoms. The van der Waals surface area contributed by atoms with Crippen LogP contribution in [-0.2, 0) is 13.0 Å². The lowest BCUT2D eigenvalue weighted by molar-refractivity contribution is 0.418. The number of thiazole rings is 1. The van der Waals surface area contributed by atoms with Crippen LogP contribution in [0.1, 0.15) is 51.1 Å². The summed E-state index contributed by atoms with van der Waals surface area (Å²) >= 11 is 1.89. The summed E-state index contributed by atoms with van der Waals surface area (Å²) < 4.78 is 0. The summed E-state index contributed by atoms with van der Waals surface area (Å²) in [4.78, 5) is 8.81. The third-order valence-corrected chi connectivity index (χ3v) is 4.90. The molecule has 4 heteroatoms. The lowest BCUT2D eigenvalue weighted by atomic mass is 9.93. The number of anilines is 1. The molecule has 1 saturated heterocycles. The van der Waals surface area contributed by atoms with Gasteiger partial charge in [0.2, 0.25) is 0 Å². The summed E-state index contributed by atoms with van der Waals surface area (Å²) in [5.41, 5.74) is 1.76. The van der Waals surface area contributed by atoms with E-state index in [1.54, 1.807) is 0 Å². The van der Waals surface area contributed by atoms with Crippen LogP contribution in [-0.4, -0.2) is 24.6 Å². The van der Waals surface area contributed by atoms with Crippen LogP contribution >= 0.6 is 11.3 Å². The van der Waals surface area contributed by atoms with Crippen molar-refractivity contribution in [2.45, 2.75) is 53.5 Å². The first-order chi connectivity index (χ1) is 9.05. The van der Waals surface area contributed by atoms with Crippen molar-refractivity contribution in [1.29, 1.82) is 0 Å². The van der Waals surface area contributed by atoms with Crippen LogP contribution in [0.3, 0.4) is 0 Å². The van der Waals surface area contributed by atoms with Crippen molar-refractivity contribution in [2.24, 2.45) is 5.41 Å². The lowest BCUT2D eigenvalue weighted by Crippen LogP contribution is -2.22. The quantitative estimate of drug-likeness (QED) is 0.866. The summed E-state index contributed by atoms with van der Waals surface area (Å²) in [6.45, 7) is 13.4. The van der Waals surface area contributed by atoms with E-state index in [-0.39, 0.29) is 0 Å². The predicted octanol–water partition coefficient (Wildman–Crippen LogP) is 3.44. The van der Waals surface area contributed by atoms with Crippen molar-refractivity contribution in [3.63, 3.8) is 0 Å². The molecule has 0 spiro atoms. The molecule has 2 heterocycles. The number of nitrogens with one attached hydrogen (secondary N) is 1. The van der Waals surface area contributed by atoms with Crippen molar-refractivity contribution < 1.29 is 0 Å². The fourth-order valence-electron chi connectivity index (χ4n) is 2.59. The molecule has 1 N–H and O–H groups in total. The molecule has 0 aromatic carbocycles. The molecule has 1 aromatic heterocycles. The number of aryl methyl sites for hydroxylation is 1. The second-order valence-corrected chi connectivity index (χ2v) is 7.29. The van der Waals surface area contributed by atoms with Crippen LogP contribution in [0.15, 0.2) is 0 Å². The standard InChI is InChI=1S/C15H27N3S/c1-5-7-12-13(10-16-6-2)19-14(17-12)18-9-8-15(3,4)11-18/h16H,5-11H2,1-4H3. The molecule has 1 aliphatic rings. The predicted molar refractivity (Wildman–Crippen MR) is 84.1 cm³/mol. The summed E-state index contributed by atoms with van der Waals surface area (Å²) in [5.74, 6) is 0. The molecule has 0 saturated carbocycles. The molecule has 2 rings (SSSR count). The van der Waals surface area contributed by atoms with E-state index in [2.05, 4.69) is 37.9 Å². The number of hydrogen-bond donors (Lipinski definition) is 1. The summed E-state index contributed by atoms with van der Waals surface area (Å²) in [7, 11) is 0. The van der Waals surface area contributed by atoms with E-state index >= 15 is 0 Å². The highest BCUT2D eigenvalue weighted by Gasteiger charge is 2.31. The van der Waals surface area contributed by atoms with Crippen LogP contribution in [0.5, 0.6) is 0 Å². The third kappa shape index (κ3) is 3.69. The Labute approximate surface area is 121 Å². The van der Waals surface area contributed by atoms with E-state index in [9.17, 15) is 0 Å². The average Bonchev–Trinajstić information content (AvgIpc) is 2.91. The van der Waals surface area contributed by atoms with E-state index in [0.29, 0.717) is 5.41 Å². The Bertz CT molecular complexity index is 412. The van der Waals surface area contributed by atoms with Gasteiger partial charge in [0.1, 0.15) is 0 Å². The molecular formula is C15H27N3S. The fourth-order valence-corrected chi connectivity index (χ4v) is 3.69. The van der Waals surface area contributed by atoms with Gasteiger partial charge in [-0.3, -0.25) is 0 Å². The van der Waals surface area contributed by atoms with Crippen LogP contribution in [0.2, 0.25) is 0 Å². The highest BCUT2D eigenvalue weighted by molar-refractivity contribution is 7.15. The van der Waals surface area contributed by atoms with Gasteiger partial charge in [-0.05, 0) is 24.8 Å². The highest BCUT2D eigenvalue weighted by atomic mass is 32.1. The molecular weight excluding hydrogens is 254 g/mol. The van der Waals surface area contributed by atoms with Gasteiger partial charge in [-0.2, -0.15) is 0 Å². The number of nitrogens with zero attached hydrogens (tertiary/aromatic N) is 2. The van der Waals surface area contributed by atoms with Gasteiger partial charge in [0.25, 0.3) is 0 Å². The first-order valence-electron chi connectivity index (χ1n) is 7.50. The highest BCUT2D eigenvalue weighted by Crippen LogP contribution is 2.35. The van der Waals surface area contributed by atoms with Gasteiger partial charge < -0.3 is 10.2 Å². The largest absolute Gasteiger partial charge is 0.348 e. The van der Waals surface area contributed by atoms with Gasteiger partial charge in [0, 0.05) is 24.5 Å². The number of rotatable bonds is 6. The van der Waals surface area contributed by atoms with Crippen molar-refractivity contribution in [3.8, 4) is 0 Å².